The highest BCUT2D eigenvalue weighted by molar-refractivity contribution is 6.35. The second-order valence-corrected chi connectivity index (χ2v) is 11.9. The van der Waals surface area contributed by atoms with E-state index < -0.39 is 73.4 Å². The highest BCUT2D eigenvalue weighted by atomic mass is 35.5. The summed E-state index contributed by atoms with van der Waals surface area (Å²) in [6.45, 7) is 0.0188. The van der Waals surface area contributed by atoms with E-state index in [1.54, 1.807) is 11.8 Å². The van der Waals surface area contributed by atoms with Crippen molar-refractivity contribution >= 4 is 34.1 Å². The molecular formula is C31H26ClF8N5O3. The number of nitriles is 1. The molecule has 2 aliphatic rings. The van der Waals surface area contributed by atoms with Gasteiger partial charge in [0.05, 0.1) is 35.4 Å². The van der Waals surface area contributed by atoms with E-state index >= 15 is 4.39 Å². The molecule has 1 fully saturated rings. The van der Waals surface area contributed by atoms with Gasteiger partial charge in [0.2, 0.25) is 5.91 Å². The van der Waals surface area contributed by atoms with Crippen LogP contribution in [0.15, 0.2) is 41.7 Å². The number of piperazine rings is 1. The van der Waals surface area contributed by atoms with Crippen LogP contribution in [0.25, 0.3) is 22.0 Å². The Morgan fingerprint density at radius 3 is 2.38 bits per heavy atom. The minimum atomic E-state index is -5.04. The number of nitrogens with zero attached hydrogens (tertiary/aromatic N) is 5. The largest absolute Gasteiger partial charge is 0.488 e. The summed E-state index contributed by atoms with van der Waals surface area (Å²) in [6.07, 6.45) is -8.94. The van der Waals surface area contributed by atoms with Crippen LogP contribution in [0.5, 0.6) is 5.75 Å². The molecule has 2 atom stereocenters. The van der Waals surface area contributed by atoms with E-state index in [1.165, 1.54) is 11.0 Å². The number of carbonyl (C=O) groups excluding carboxylic acids is 1. The zero-order valence-corrected chi connectivity index (χ0v) is 25.8. The van der Waals surface area contributed by atoms with Gasteiger partial charge in [-0.05, 0) is 31.2 Å². The predicted octanol–water partition coefficient (Wildman–Crippen LogP) is 6.05. The zero-order valence-electron chi connectivity index (χ0n) is 25.1. The van der Waals surface area contributed by atoms with E-state index in [1.807, 2.05) is 6.07 Å². The van der Waals surface area contributed by atoms with E-state index in [9.17, 15) is 45.6 Å². The first-order valence-corrected chi connectivity index (χ1v) is 14.8. The molecular weight excluding hydrogens is 678 g/mol. The SMILES string of the molecule is C=CC(=O)N1CCN(c2c(C#N)c(=O)n3c4c(c(-c5ccc(F)cc5F)c(Cl)cc24)OCC3CN(CC(F)(F)F)CC(F)(F)F)[C@@H](C)C1. The number of halogens is 9. The fourth-order valence-corrected chi connectivity index (χ4v) is 6.62. The maximum Gasteiger partial charge on any atom is 0.401 e. The fourth-order valence-electron chi connectivity index (χ4n) is 6.32. The number of hydrogen-bond donors (Lipinski definition) is 0. The molecule has 1 saturated heterocycles. The molecule has 0 radical (unpaired) electrons. The summed E-state index contributed by atoms with van der Waals surface area (Å²) in [5, 5.41) is 10.2. The second-order valence-electron chi connectivity index (χ2n) is 11.5. The summed E-state index contributed by atoms with van der Waals surface area (Å²) < 4.78 is 116. The molecule has 1 aromatic heterocycles. The zero-order chi connectivity index (χ0) is 35.3. The molecule has 8 nitrogen and oxygen atoms in total. The Labute approximate surface area is 272 Å². The van der Waals surface area contributed by atoms with Gasteiger partial charge in [-0.3, -0.25) is 19.1 Å². The van der Waals surface area contributed by atoms with E-state index in [4.69, 9.17) is 16.3 Å². The topological polar surface area (TPSA) is 81.8 Å². The van der Waals surface area contributed by atoms with E-state index in [2.05, 4.69) is 6.58 Å². The van der Waals surface area contributed by atoms with Crippen molar-refractivity contribution in [1.29, 1.82) is 5.26 Å². The molecule has 256 valence electrons. The Kier molecular flexibility index (Phi) is 9.41. The average Bonchev–Trinajstić information content (AvgIpc) is 2.97. The van der Waals surface area contributed by atoms with Crippen LogP contribution in [-0.2, 0) is 4.79 Å². The Hall–Kier alpha value is -4.36. The van der Waals surface area contributed by atoms with Gasteiger partial charge in [0.1, 0.15) is 29.9 Å². The van der Waals surface area contributed by atoms with Gasteiger partial charge in [0.25, 0.3) is 5.56 Å². The van der Waals surface area contributed by atoms with Crippen molar-refractivity contribution in [3.05, 3.63) is 69.5 Å². The number of alkyl halides is 6. The molecule has 5 rings (SSSR count). The lowest BCUT2D eigenvalue weighted by molar-refractivity contribution is -0.181. The van der Waals surface area contributed by atoms with Gasteiger partial charge in [0, 0.05) is 54.8 Å². The van der Waals surface area contributed by atoms with Crippen LogP contribution in [0.4, 0.5) is 40.8 Å². The lowest BCUT2D eigenvalue weighted by atomic mass is 9.96. The molecule has 0 saturated carbocycles. The standard InChI is InChI=1S/C31H26ClF8N5O3/c1-3-24(46)43-6-7-44(16(2)11-43)26-20-9-22(32)25(19-5-4-17(33)8-23(19)34)28-27(20)45(29(47)21(26)10-41)18(13-48-28)12-42(14-30(35,36)37)15-31(38,39)40/h3-5,8-9,16,18H,1,6-7,11-15H2,2H3/t16-,18?/m0/s1. The average molecular weight is 704 g/mol. The molecule has 0 bridgehead atoms. The summed E-state index contributed by atoms with van der Waals surface area (Å²) in [4.78, 5) is 29.7. The molecule has 3 aromatic rings. The number of benzene rings is 2. The van der Waals surface area contributed by atoms with Crippen molar-refractivity contribution in [2.75, 3.05) is 50.8 Å². The first kappa shape index (κ1) is 35.0. The Morgan fingerprint density at radius 2 is 1.81 bits per heavy atom. The third kappa shape index (κ3) is 6.79. The van der Waals surface area contributed by atoms with E-state index in [0.717, 1.165) is 22.8 Å². The van der Waals surface area contributed by atoms with Crippen LogP contribution in [0.2, 0.25) is 5.02 Å². The van der Waals surface area contributed by atoms with E-state index in [-0.39, 0.29) is 68.9 Å². The highest BCUT2D eigenvalue weighted by Gasteiger charge is 2.41. The molecule has 2 aliphatic heterocycles. The van der Waals surface area contributed by atoms with E-state index in [0.29, 0.717) is 6.07 Å². The summed E-state index contributed by atoms with van der Waals surface area (Å²) in [5.41, 5.74) is -2.07. The van der Waals surface area contributed by atoms with Gasteiger partial charge in [-0.2, -0.15) is 31.6 Å². The second kappa shape index (κ2) is 12.9. The van der Waals surface area contributed by atoms with Crippen LogP contribution in [-0.4, -0.2) is 84.5 Å². The first-order valence-electron chi connectivity index (χ1n) is 14.4. The molecule has 0 aliphatic carbocycles. The number of pyridine rings is 1. The van der Waals surface area contributed by atoms with Crippen LogP contribution < -0.4 is 15.2 Å². The highest BCUT2D eigenvalue weighted by Crippen LogP contribution is 2.48. The van der Waals surface area contributed by atoms with Gasteiger partial charge in [-0.15, -0.1) is 0 Å². The first-order chi connectivity index (χ1) is 22.4. The van der Waals surface area contributed by atoms with Gasteiger partial charge in [0.15, 0.2) is 5.75 Å². The third-order valence-electron chi connectivity index (χ3n) is 8.15. The number of carbonyl (C=O) groups is 1. The smallest absolute Gasteiger partial charge is 0.401 e. The fraction of sp³-hybridized carbons (Fsp3) is 0.387. The van der Waals surface area contributed by atoms with Crippen LogP contribution >= 0.6 is 11.6 Å². The molecule has 0 N–H and O–H groups in total. The quantitative estimate of drug-likeness (QED) is 0.220. The molecule has 2 aromatic carbocycles. The molecule has 0 spiro atoms. The molecule has 1 unspecified atom stereocenters. The molecule has 1 amide bonds. The summed E-state index contributed by atoms with van der Waals surface area (Å²) in [5.74, 6) is -2.59. The van der Waals surface area contributed by atoms with Crippen LogP contribution in [0.1, 0.15) is 18.5 Å². The van der Waals surface area contributed by atoms with Crippen molar-refractivity contribution in [1.82, 2.24) is 14.4 Å². The van der Waals surface area contributed by atoms with Crippen LogP contribution in [0, 0.1) is 23.0 Å². The lowest BCUT2D eigenvalue weighted by Crippen LogP contribution is -2.54. The number of aromatic nitrogens is 1. The lowest BCUT2D eigenvalue weighted by Gasteiger charge is -2.42. The maximum atomic E-state index is 15.1. The van der Waals surface area contributed by atoms with Crippen molar-refractivity contribution < 1.29 is 44.7 Å². The van der Waals surface area contributed by atoms with Gasteiger partial charge >= 0.3 is 12.4 Å². The Balaban J connectivity index is 1.78. The van der Waals surface area contributed by atoms with Crippen molar-refractivity contribution in [2.24, 2.45) is 0 Å². The monoisotopic (exact) mass is 703 g/mol. The minimum absolute atomic E-state index is 0.0351. The van der Waals surface area contributed by atoms with Crippen molar-refractivity contribution in [2.45, 2.75) is 31.4 Å². The number of anilines is 1. The summed E-state index contributed by atoms with van der Waals surface area (Å²) in [7, 11) is 0. The van der Waals surface area contributed by atoms with Gasteiger partial charge in [-0.1, -0.05) is 18.2 Å². The number of rotatable bonds is 7. The summed E-state index contributed by atoms with van der Waals surface area (Å²) >= 11 is 6.69. The number of amides is 1. The molecule has 17 heteroatoms. The molecule has 3 heterocycles. The van der Waals surface area contributed by atoms with Gasteiger partial charge in [-0.25, -0.2) is 8.78 Å². The number of ether oxygens (including phenoxy) is 1. The normalized spacial score (nSPS) is 18.2. The predicted molar refractivity (Wildman–Crippen MR) is 160 cm³/mol. The maximum absolute atomic E-state index is 15.1. The Morgan fingerprint density at radius 1 is 1.15 bits per heavy atom. The van der Waals surface area contributed by atoms with Crippen LogP contribution in [0.3, 0.4) is 0 Å². The summed E-state index contributed by atoms with van der Waals surface area (Å²) in [6, 6.07) is 3.69. The molecule has 48 heavy (non-hydrogen) atoms. The Bertz CT molecular complexity index is 1870. The van der Waals surface area contributed by atoms with Crippen molar-refractivity contribution in [3.8, 4) is 22.9 Å². The third-order valence-corrected chi connectivity index (χ3v) is 8.44. The number of hydrogen-bond acceptors (Lipinski definition) is 6. The minimum Gasteiger partial charge on any atom is -0.488 e. The van der Waals surface area contributed by atoms with Crippen molar-refractivity contribution in [3.63, 3.8) is 0 Å². The van der Waals surface area contributed by atoms with Gasteiger partial charge < -0.3 is 14.5 Å².